The zero-order valence-electron chi connectivity index (χ0n) is 11.0. The number of halogens is 2. The fourth-order valence-corrected chi connectivity index (χ4v) is 2.38. The first-order chi connectivity index (χ1) is 9.06. The number of anilines is 1. The van der Waals surface area contributed by atoms with Gasteiger partial charge in [-0.3, -0.25) is 4.79 Å². The first kappa shape index (κ1) is 13.9. The fourth-order valence-electron chi connectivity index (χ4n) is 2.38. The Kier molecular flexibility index (Phi) is 4.14. The van der Waals surface area contributed by atoms with Crippen LogP contribution in [0, 0.1) is 11.6 Å². The lowest BCUT2D eigenvalue weighted by atomic mass is 10.1. The Bertz CT molecular complexity index is 456. The van der Waals surface area contributed by atoms with Crippen LogP contribution in [0.15, 0.2) is 12.1 Å². The number of morpholine rings is 1. The number of aldehydes is 1. The van der Waals surface area contributed by atoms with Crippen LogP contribution in [0.2, 0.25) is 0 Å². The standard InChI is InChI=1S/C14H17F2NO2/c1-3-11-8-19-9(2)6-17(11)14-12(15)4-10(7-18)5-13(14)16/h4-5,7,9,11H,3,6,8H2,1-2H3. The topological polar surface area (TPSA) is 29.5 Å². The van der Waals surface area contributed by atoms with Crippen molar-refractivity contribution in [3.05, 3.63) is 29.3 Å². The Morgan fingerprint density at radius 1 is 1.42 bits per heavy atom. The molecule has 1 heterocycles. The number of rotatable bonds is 3. The van der Waals surface area contributed by atoms with Crippen molar-refractivity contribution in [3.8, 4) is 0 Å². The van der Waals surface area contributed by atoms with E-state index in [2.05, 4.69) is 0 Å². The first-order valence-electron chi connectivity index (χ1n) is 6.39. The zero-order valence-corrected chi connectivity index (χ0v) is 11.0. The van der Waals surface area contributed by atoms with E-state index in [0.717, 1.165) is 18.6 Å². The molecule has 0 N–H and O–H groups in total. The summed E-state index contributed by atoms with van der Waals surface area (Å²) >= 11 is 0. The molecule has 0 aromatic heterocycles. The van der Waals surface area contributed by atoms with Gasteiger partial charge in [0.25, 0.3) is 0 Å². The highest BCUT2D eigenvalue weighted by Gasteiger charge is 2.29. The third-order valence-corrected chi connectivity index (χ3v) is 3.40. The van der Waals surface area contributed by atoms with Gasteiger partial charge in [0.05, 0.1) is 18.8 Å². The lowest BCUT2D eigenvalue weighted by Crippen LogP contribution is -2.49. The highest BCUT2D eigenvalue weighted by Crippen LogP contribution is 2.29. The van der Waals surface area contributed by atoms with E-state index >= 15 is 0 Å². The summed E-state index contributed by atoms with van der Waals surface area (Å²) in [5, 5.41) is 0. The van der Waals surface area contributed by atoms with Crippen molar-refractivity contribution >= 4 is 12.0 Å². The highest BCUT2D eigenvalue weighted by atomic mass is 19.1. The maximum absolute atomic E-state index is 14.0. The molecule has 1 aliphatic heterocycles. The van der Waals surface area contributed by atoms with Crippen LogP contribution in [0.1, 0.15) is 30.6 Å². The number of carbonyl (C=O) groups excluding carboxylic acids is 1. The molecule has 1 aromatic carbocycles. The fraction of sp³-hybridized carbons (Fsp3) is 0.500. The molecule has 1 fully saturated rings. The zero-order chi connectivity index (χ0) is 14.0. The predicted octanol–water partition coefficient (Wildman–Crippen LogP) is 2.78. The van der Waals surface area contributed by atoms with Gasteiger partial charge in [0.2, 0.25) is 0 Å². The second kappa shape index (κ2) is 5.65. The van der Waals surface area contributed by atoms with Gasteiger partial charge in [-0.2, -0.15) is 0 Å². The lowest BCUT2D eigenvalue weighted by molar-refractivity contribution is 0.0294. The number of nitrogens with zero attached hydrogens (tertiary/aromatic N) is 1. The van der Waals surface area contributed by atoms with Gasteiger partial charge in [0.15, 0.2) is 0 Å². The van der Waals surface area contributed by atoms with Gasteiger partial charge in [0.1, 0.15) is 23.6 Å². The molecule has 1 aliphatic rings. The second-order valence-electron chi connectivity index (χ2n) is 4.81. The van der Waals surface area contributed by atoms with Crippen LogP contribution in [0.5, 0.6) is 0 Å². The summed E-state index contributed by atoms with van der Waals surface area (Å²) in [5.74, 6) is -1.40. The Labute approximate surface area is 111 Å². The third-order valence-electron chi connectivity index (χ3n) is 3.40. The quantitative estimate of drug-likeness (QED) is 0.790. The summed E-state index contributed by atoms with van der Waals surface area (Å²) in [4.78, 5) is 12.3. The molecule has 1 aromatic rings. The Balaban J connectivity index is 2.41. The smallest absolute Gasteiger partial charge is 0.150 e. The van der Waals surface area contributed by atoms with Crippen LogP contribution in [-0.4, -0.2) is 31.6 Å². The Hall–Kier alpha value is -1.49. The Morgan fingerprint density at radius 3 is 2.58 bits per heavy atom. The number of hydrogen-bond acceptors (Lipinski definition) is 3. The molecule has 2 atom stereocenters. The molecule has 5 heteroatoms. The van der Waals surface area contributed by atoms with E-state index in [4.69, 9.17) is 4.74 Å². The van der Waals surface area contributed by atoms with Crippen molar-refractivity contribution in [2.24, 2.45) is 0 Å². The summed E-state index contributed by atoms with van der Waals surface area (Å²) in [5.41, 5.74) is -0.0549. The number of benzene rings is 1. The third kappa shape index (κ3) is 2.76. The number of ether oxygens (including phenoxy) is 1. The molecular weight excluding hydrogens is 252 g/mol. The van der Waals surface area contributed by atoms with E-state index in [-0.39, 0.29) is 23.4 Å². The molecule has 0 bridgehead atoms. The van der Waals surface area contributed by atoms with Crippen molar-refractivity contribution in [1.82, 2.24) is 0 Å². The average molecular weight is 269 g/mol. The van der Waals surface area contributed by atoms with Crippen LogP contribution in [0.4, 0.5) is 14.5 Å². The second-order valence-corrected chi connectivity index (χ2v) is 4.81. The molecule has 0 aliphatic carbocycles. The van der Waals surface area contributed by atoms with Gasteiger partial charge >= 0.3 is 0 Å². The summed E-state index contributed by atoms with van der Waals surface area (Å²) in [6.07, 6.45) is 1.10. The van der Waals surface area contributed by atoms with Gasteiger partial charge in [-0.05, 0) is 25.5 Å². The largest absolute Gasteiger partial charge is 0.375 e. The van der Waals surface area contributed by atoms with Crippen LogP contribution in [0.3, 0.4) is 0 Å². The summed E-state index contributed by atoms with van der Waals surface area (Å²) in [6.45, 7) is 4.71. The minimum atomic E-state index is -0.699. The molecule has 0 amide bonds. The van der Waals surface area contributed by atoms with Crippen LogP contribution >= 0.6 is 0 Å². The normalized spacial score (nSPS) is 23.5. The van der Waals surface area contributed by atoms with Gasteiger partial charge in [-0.15, -0.1) is 0 Å². The van der Waals surface area contributed by atoms with Gasteiger partial charge in [0, 0.05) is 12.1 Å². The van der Waals surface area contributed by atoms with Gasteiger partial charge in [-0.25, -0.2) is 8.78 Å². The molecule has 0 spiro atoms. The minimum Gasteiger partial charge on any atom is -0.375 e. The van der Waals surface area contributed by atoms with Gasteiger partial charge < -0.3 is 9.64 Å². The molecule has 2 unspecified atom stereocenters. The average Bonchev–Trinajstić information content (AvgIpc) is 2.38. The molecular formula is C14H17F2NO2. The number of carbonyl (C=O) groups is 1. The highest BCUT2D eigenvalue weighted by molar-refractivity contribution is 5.76. The van der Waals surface area contributed by atoms with Crippen LogP contribution < -0.4 is 4.90 Å². The van der Waals surface area contributed by atoms with Crippen LogP contribution in [0.25, 0.3) is 0 Å². The number of hydrogen-bond donors (Lipinski definition) is 0. The first-order valence-corrected chi connectivity index (χ1v) is 6.39. The molecule has 1 saturated heterocycles. The molecule has 104 valence electrons. The molecule has 2 rings (SSSR count). The monoisotopic (exact) mass is 269 g/mol. The van der Waals surface area contributed by atoms with Crippen molar-refractivity contribution < 1.29 is 18.3 Å². The minimum absolute atomic E-state index is 0.00751. The van der Waals surface area contributed by atoms with E-state index in [9.17, 15) is 13.6 Å². The Morgan fingerprint density at radius 2 is 2.05 bits per heavy atom. The van der Waals surface area contributed by atoms with Crippen molar-refractivity contribution in [3.63, 3.8) is 0 Å². The summed E-state index contributed by atoms with van der Waals surface area (Å²) in [7, 11) is 0. The van der Waals surface area contributed by atoms with Crippen molar-refractivity contribution in [1.29, 1.82) is 0 Å². The van der Waals surface area contributed by atoms with Crippen molar-refractivity contribution in [2.45, 2.75) is 32.4 Å². The van der Waals surface area contributed by atoms with Gasteiger partial charge in [-0.1, -0.05) is 6.92 Å². The summed E-state index contributed by atoms with van der Waals surface area (Å²) in [6, 6.07) is 2.08. The predicted molar refractivity (Wildman–Crippen MR) is 68.6 cm³/mol. The maximum atomic E-state index is 14.0. The molecule has 19 heavy (non-hydrogen) atoms. The molecule has 0 saturated carbocycles. The van der Waals surface area contributed by atoms with E-state index in [1.54, 1.807) is 4.90 Å². The van der Waals surface area contributed by atoms with Crippen LogP contribution in [-0.2, 0) is 4.74 Å². The molecule has 0 radical (unpaired) electrons. The molecule has 3 nitrogen and oxygen atoms in total. The summed E-state index contributed by atoms with van der Waals surface area (Å²) < 4.78 is 33.6. The lowest BCUT2D eigenvalue weighted by Gasteiger charge is -2.40. The van der Waals surface area contributed by atoms with E-state index < -0.39 is 11.6 Å². The maximum Gasteiger partial charge on any atom is 0.150 e. The van der Waals surface area contributed by atoms with E-state index in [1.807, 2.05) is 13.8 Å². The van der Waals surface area contributed by atoms with Crippen molar-refractivity contribution in [2.75, 3.05) is 18.1 Å². The van der Waals surface area contributed by atoms with E-state index in [1.165, 1.54) is 0 Å². The SMILES string of the molecule is CCC1COC(C)CN1c1c(F)cc(C=O)cc1F. The van der Waals surface area contributed by atoms with E-state index in [0.29, 0.717) is 19.4 Å².